The molecule has 3 aliphatic rings. The van der Waals surface area contributed by atoms with Crippen molar-refractivity contribution in [2.24, 2.45) is 0 Å². The monoisotopic (exact) mass is 614 g/mol. The summed E-state index contributed by atoms with van der Waals surface area (Å²) in [6.07, 6.45) is 9.37. The van der Waals surface area contributed by atoms with Gasteiger partial charge >= 0.3 is 0 Å². The number of benzene rings is 1. The molecular weight excluding hydrogens is 580 g/mol. The van der Waals surface area contributed by atoms with E-state index in [0.29, 0.717) is 42.6 Å². The highest BCUT2D eigenvalue weighted by atomic mass is 79.9. The van der Waals surface area contributed by atoms with E-state index in [-0.39, 0.29) is 40.4 Å². The maximum atomic E-state index is 13.8. The van der Waals surface area contributed by atoms with Gasteiger partial charge in [0, 0.05) is 68.8 Å². The molecule has 1 aromatic carbocycles. The van der Waals surface area contributed by atoms with E-state index in [0.717, 1.165) is 50.8 Å². The van der Waals surface area contributed by atoms with Gasteiger partial charge < -0.3 is 25.2 Å². The first-order valence-corrected chi connectivity index (χ1v) is 14.7. The van der Waals surface area contributed by atoms with Crippen molar-refractivity contribution in [3.8, 4) is 0 Å². The molecule has 12 heteroatoms. The number of carbonyl (C=O) groups excluding carboxylic acids is 2. The van der Waals surface area contributed by atoms with Crippen molar-refractivity contribution in [2.75, 3.05) is 50.5 Å². The van der Waals surface area contributed by atoms with E-state index in [2.05, 4.69) is 31.5 Å². The molecule has 0 unspecified atom stereocenters. The van der Waals surface area contributed by atoms with E-state index in [1.807, 2.05) is 0 Å². The van der Waals surface area contributed by atoms with Gasteiger partial charge in [-0.1, -0.05) is 15.9 Å². The van der Waals surface area contributed by atoms with Crippen LogP contribution in [-0.2, 0) is 4.74 Å². The zero-order valence-corrected chi connectivity index (χ0v) is 24.2. The average molecular weight is 616 g/mol. The summed E-state index contributed by atoms with van der Waals surface area (Å²) in [6.45, 7) is 2.78. The maximum Gasteiger partial charge on any atom is 0.294 e. The Morgan fingerprint density at radius 1 is 1.07 bits per heavy atom. The van der Waals surface area contributed by atoms with Gasteiger partial charge in [-0.25, -0.2) is 0 Å². The molecule has 0 saturated carbocycles. The molecule has 3 aliphatic heterocycles. The summed E-state index contributed by atoms with van der Waals surface area (Å²) in [5.74, 6) is -0.388. The molecule has 2 N–H and O–H groups in total. The summed E-state index contributed by atoms with van der Waals surface area (Å²) in [4.78, 5) is 46.3. The number of amides is 2. The van der Waals surface area contributed by atoms with Gasteiger partial charge in [0.2, 0.25) is 0 Å². The maximum absolute atomic E-state index is 13.8. The van der Waals surface area contributed by atoms with E-state index in [9.17, 15) is 19.7 Å². The Morgan fingerprint density at radius 2 is 1.88 bits per heavy atom. The molecule has 1 aromatic heterocycles. The van der Waals surface area contributed by atoms with Crippen molar-refractivity contribution < 1.29 is 19.2 Å². The standard InChI is InChI=1S/C28H35BrN6O5/c1-30-22-13-19(16-31-17-22)26(36)34-9-4-5-21(18-34)32-25-23(14-20(29)15-24(25)35(38)39)27(37)33-10-7-28(8-11-33)6-2-3-12-40-28/h13-17,21,30,32H,2-12,18H2,1H3/t21-/m1/s1. The average Bonchev–Trinajstić information content (AvgIpc) is 2.98. The van der Waals surface area contributed by atoms with Gasteiger partial charge in [-0.15, -0.1) is 0 Å². The van der Waals surface area contributed by atoms with E-state index < -0.39 is 4.92 Å². The second kappa shape index (κ2) is 12.1. The first-order chi connectivity index (χ1) is 19.3. The van der Waals surface area contributed by atoms with Gasteiger partial charge in [0.25, 0.3) is 17.5 Å². The molecule has 2 aromatic rings. The van der Waals surface area contributed by atoms with Crippen molar-refractivity contribution in [1.82, 2.24) is 14.8 Å². The first-order valence-electron chi connectivity index (χ1n) is 13.9. The minimum Gasteiger partial charge on any atom is -0.387 e. The third-order valence-corrected chi connectivity index (χ3v) is 8.70. The summed E-state index contributed by atoms with van der Waals surface area (Å²) >= 11 is 3.37. The van der Waals surface area contributed by atoms with Crippen LogP contribution in [0.25, 0.3) is 0 Å². The summed E-state index contributed by atoms with van der Waals surface area (Å²) in [6, 6.07) is 4.56. The molecule has 11 nitrogen and oxygen atoms in total. The van der Waals surface area contributed by atoms with Crippen LogP contribution in [0.15, 0.2) is 35.1 Å². The lowest BCUT2D eigenvalue weighted by Crippen LogP contribution is -2.49. The fourth-order valence-corrected chi connectivity index (χ4v) is 6.45. The SMILES string of the molecule is CNc1cncc(C(=O)N2CCC[C@@H](Nc3c(C(=O)N4CCC5(CCCCO5)CC4)cc(Br)cc3[N+](=O)[O-])C2)c1. The van der Waals surface area contributed by atoms with Crippen LogP contribution in [0, 0.1) is 10.1 Å². The highest BCUT2D eigenvalue weighted by Gasteiger charge is 2.39. The normalized spacial score (nSPS) is 20.7. The van der Waals surface area contributed by atoms with Gasteiger partial charge in [0.1, 0.15) is 5.69 Å². The van der Waals surface area contributed by atoms with Crippen molar-refractivity contribution in [1.29, 1.82) is 0 Å². The van der Waals surface area contributed by atoms with Gasteiger partial charge in [0.05, 0.1) is 27.3 Å². The van der Waals surface area contributed by atoms with Crippen LogP contribution < -0.4 is 10.6 Å². The predicted molar refractivity (Wildman–Crippen MR) is 155 cm³/mol. The third-order valence-electron chi connectivity index (χ3n) is 8.24. The minimum atomic E-state index is -0.467. The van der Waals surface area contributed by atoms with Gasteiger partial charge in [-0.3, -0.25) is 24.7 Å². The number of nitrogens with zero attached hydrogens (tertiary/aromatic N) is 4. The summed E-state index contributed by atoms with van der Waals surface area (Å²) in [7, 11) is 1.77. The molecule has 1 atom stereocenters. The molecule has 2 amide bonds. The Hall–Kier alpha value is -3.25. The van der Waals surface area contributed by atoms with E-state index >= 15 is 0 Å². The van der Waals surface area contributed by atoms with Crippen LogP contribution in [0.1, 0.15) is 65.7 Å². The van der Waals surface area contributed by atoms with Crippen molar-refractivity contribution in [3.63, 3.8) is 0 Å². The number of piperidine rings is 2. The van der Waals surface area contributed by atoms with E-state index in [1.165, 1.54) is 12.3 Å². The number of anilines is 2. The van der Waals surface area contributed by atoms with E-state index in [1.54, 1.807) is 35.2 Å². The number of halogens is 1. The Bertz CT molecular complexity index is 1270. The molecule has 3 fully saturated rings. The molecule has 0 bridgehead atoms. The number of nitrogens with one attached hydrogen (secondary N) is 2. The van der Waals surface area contributed by atoms with Crippen LogP contribution >= 0.6 is 15.9 Å². The smallest absolute Gasteiger partial charge is 0.294 e. The number of rotatable bonds is 6. The largest absolute Gasteiger partial charge is 0.387 e. The molecule has 3 saturated heterocycles. The van der Waals surface area contributed by atoms with Crippen LogP contribution in [-0.4, -0.2) is 83.0 Å². The molecular formula is C28H35BrN6O5. The molecule has 1 spiro atoms. The Labute approximate surface area is 241 Å². The fourth-order valence-electron chi connectivity index (χ4n) is 6.01. The summed E-state index contributed by atoms with van der Waals surface area (Å²) in [5, 5.41) is 18.4. The summed E-state index contributed by atoms with van der Waals surface area (Å²) in [5.41, 5.74) is 1.35. The predicted octanol–water partition coefficient (Wildman–Crippen LogP) is 4.69. The highest BCUT2D eigenvalue weighted by molar-refractivity contribution is 9.10. The first kappa shape index (κ1) is 28.3. The van der Waals surface area contributed by atoms with Crippen molar-refractivity contribution in [2.45, 2.75) is 56.6 Å². The fraction of sp³-hybridized carbons (Fsp3) is 0.536. The van der Waals surface area contributed by atoms with Crippen LogP contribution in [0.5, 0.6) is 0 Å². The lowest BCUT2D eigenvalue weighted by molar-refractivity contribution is -0.384. The lowest BCUT2D eigenvalue weighted by Gasteiger charge is -2.44. The van der Waals surface area contributed by atoms with Crippen LogP contribution in [0.2, 0.25) is 0 Å². The Morgan fingerprint density at radius 3 is 2.58 bits per heavy atom. The van der Waals surface area contributed by atoms with Crippen LogP contribution in [0.4, 0.5) is 17.1 Å². The lowest BCUT2D eigenvalue weighted by atomic mass is 9.84. The molecule has 4 heterocycles. The number of hydrogen-bond donors (Lipinski definition) is 2. The number of hydrogen-bond acceptors (Lipinski definition) is 8. The van der Waals surface area contributed by atoms with Crippen LogP contribution in [0.3, 0.4) is 0 Å². The second-order valence-corrected chi connectivity index (χ2v) is 11.7. The Kier molecular flexibility index (Phi) is 8.55. The highest BCUT2D eigenvalue weighted by Crippen LogP contribution is 2.38. The zero-order chi connectivity index (χ0) is 28.3. The Balaban J connectivity index is 1.35. The quantitative estimate of drug-likeness (QED) is 0.354. The number of nitro groups is 1. The number of ether oxygens (including phenoxy) is 1. The van der Waals surface area contributed by atoms with E-state index in [4.69, 9.17) is 4.74 Å². The minimum absolute atomic E-state index is 0.148. The molecule has 0 aliphatic carbocycles. The van der Waals surface area contributed by atoms with Crippen molar-refractivity contribution >= 4 is 44.8 Å². The van der Waals surface area contributed by atoms with Gasteiger partial charge in [0.15, 0.2) is 0 Å². The van der Waals surface area contributed by atoms with Gasteiger partial charge in [-0.05, 0) is 57.1 Å². The molecule has 214 valence electrons. The molecule has 40 heavy (non-hydrogen) atoms. The molecule has 0 radical (unpaired) electrons. The molecule has 5 rings (SSSR count). The zero-order valence-electron chi connectivity index (χ0n) is 22.7. The summed E-state index contributed by atoms with van der Waals surface area (Å²) < 4.78 is 6.59. The number of carbonyl (C=O) groups is 2. The topological polar surface area (TPSA) is 130 Å². The number of aromatic nitrogens is 1. The van der Waals surface area contributed by atoms with Gasteiger partial charge in [-0.2, -0.15) is 0 Å². The third kappa shape index (κ3) is 6.07. The number of likely N-dealkylation sites (tertiary alicyclic amines) is 2. The van der Waals surface area contributed by atoms with Crippen molar-refractivity contribution in [3.05, 3.63) is 56.3 Å². The number of nitro benzene ring substituents is 1. The number of pyridine rings is 1. The second-order valence-electron chi connectivity index (χ2n) is 10.8.